The van der Waals surface area contributed by atoms with Crippen molar-refractivity contribution in [3.63, 3.8) is 0 Å². The van der Waals surface area contributed by atoms with Gasteiger partial charge >= 0.3 is 164 Å². The average Bonchev–Trinajstić information content (AvgIpc) is 2.64. The Labute approximate surface area is 163 Å². The summed E-state index contributed by atoms with van der Waals surface area (Å²) in [6.45, 7) is 2.18. The zero-order valence-corrected chi connectivity index (χ0v) is 17.8. The van der Waals surface area contributed by atoms with Crippen molar-refractivity contribution in [1.82, 2.24) is 0 Å². The summed E-state index contributed by atoms with van der Waals surface area (Å²) in [6, 6.07) is 31.7. The third-order valence-electron chi connectivity index (χ3n) is 4.86. The first-order chi connectivity index (χ1) is 12.3. The minimum absolute atomic E-state index is 0.470. The molecule has 1 atom stereocenters. The first kappa shape index (κ1) is 17.1. The predicted molar refractivity (Wildman–Crippen MR) is 110 cm³/mol. The summed E-state index contributed by atoms with van der Waals surface area (Å²) in [6.07, 6.45) is 2.71. The van der Waals surface area contributed by atoms with Gasteiger partial charge < -0.3 is 0 Å². The summed E-state index contributed by atoms with van der Waals surface area (Å²) in [5.74, 6) is 0.716. The summed E-state index contributed by atoms with van der Waals surface area (Å²) in [7, 11) is 0. The molecule has 0 aliphatic heterocycles. The summed E-state index contributed by atoms with van der Waals surface area (Å²) in [5.41, 5.74) is 2.91. The van der Waals surface area contributed by atoms with Crippen molar-refractivity contribution < 1.29 is 0 Å². The van der Waals surface area contributed by atoms with Gasteiger partial charge in [0.25, 0.3) is 0 Å². The maximum absolute atomic E-state index is 2.37. The van der Waals surface area contributed by atoms with Crippen LogP contribution in [0.15, 0.2) is 84.9 Å². The molecule has 1 saturated carbocycles. The molecule has 3 aromatic rings. The van der Waals surface area contributed by atoms with Crippen LogP contribution in [0.1, 0.15) is 29.9 Å². The van der Waals surface area contributed by atoms with Gasteiger partial charge in [-0.15, -0.1) is 0 Å². The van der Waals surface area contributed by atoms with Gasteiger partial charge in [-0.25, -0.2) is 0 Å². The zero-order chi connectivity index (χ0) is 17.1. The van der Waals surface area contributed by atoms with Crippen LogP contribution in [-0.4, -0.2) is 29.9 Å². The predicted octanol–water partition coefficient (Wildman–Crippen LogP) is 4.05. The first-order valence-electron chi connectivity index (χ1n) is 8.80. The molecule has 4 rings (SSSR count). The van der Waals surface area contributed by atoms with Gasteiger partial charge in [0.2, 0.25) is 0 Å². The summed E-state index contributed by atoms with van der Waals surface area (Å²) in [5, 5.41) is 0. The molecule has 2 heteroatoms. The van der Waals surface area contributed by atoms with Gasteiger partial charge in [0, 0.05) is 0 Å². The van der Waals surface area contributed by atoms with E-state index < -0.39 is 0 Å². The minimum atomic E-state index is 0.470. The molecular formula is C23H22Se2. The molecule has 0 aromatic heterocycles. The molecule has 0 spiro atoms. The van der Waals surface area contributed by atoms with E-state index in [1.54, 1.807) is 14.5 Å². The van der Waals surface area contributed by atoms with Crippen LogP contribution in [0.5, 0.6) is 0 Å². The Morgan fingerprint density at radius 3 is 1.68 bits per heavy atom. The van der Waals surface area contributed by atoms with Crippen molar-refractivity contribution in [2.75, 3.05) is 0 Å². The van der Waals surface area contributed by atoms with Gasteiger partial charge in [-0.1, -0.05) is 0 Å². The number of aryl methyl sites for hydroxylation is 1. The Hall–Kier alpha value is -1.30. The second kappa shape index (κ2) is 7.52. The quantitative estimate of drug-likeness (QED) is 0.509. The Kier molecular flexibility index (Phi) is 5.15. The molecule has 1 aliphatic carbocycles. The molecule has 3 aromatic carbocycles. The van der Waals surface area contributed by atoms with E-state index >= 15 is 0 Å². The van der Waals surface area contributed by atoms with Crippen molar-refractivity contribution >= 4 is 38.8 Å². The maximum atomic E-state index is 2.37. The van der Waals surface area contributed by atoms with Crippen LogP contribution in [-0.2, 0) is 0 Å². The topological polar surface area (TPSA) is 0 Å². The fourth-order valence-corrected chi connectivity index (χ4v) is 11.5. The summed E-state index contributed by atoms with van der Waals surface area (Å²) in [4.78, 5) is 0. The van der Waals surface area contributed by atoms with E-state index in [4.69, 9.17) is 0 Å². The van der Waals surface area contributed by atoms with Crippen LogP contribution in [0.2, 0.25) is 3.21 Å². The van der Waals surface area contributed by atoms with Crippen molar-refractivity contribution in [1.29, 1.82) is 0 Å². The van der Waals surface area contributed by atoms with E-state index in [9.17, 15) is 0 Å². The SMILES string of the molecule is Cc1ccc(C2CCC2([Se]c2ccccc2)[Se]c2ccccc2)cc1. The Bertz CT molecular complexity index is 768. The normalized spacial score (nSPS) is 18.5. The molecule has 0 saturated heterocycles. The van der Waals surface area contributed by atoms with Crippen molar-refractivity contribution in [3.05, 3.63) is 96.1 Å². The molecular weight excluding hydrogens is 434 g/mol. The van der Waals surface area contributed by atoms with Crippen LogP contribution in [0.4, 0.5) is 0 Å². The number of rotatable bonds is 5. The number of benzene rings is 3. The van der Waals surface area contributed by atoms with Crippen LogP contribution in [0.25, 0.3) is 0 Å². The van der Waals surface area contributed by atoms with Crippen molar-refractivity contribution in [2.45, 2.75) is 28.9 Å². The fraction of sp³-hybridized carbons (Fsp3) is 0.217. The van der Waals surface area contributed by atoms with Crippen molar-refractivity contribution in [2.24, 2.45) is 0 Å². The second-order valence-corrected chi connectivity index (χ2v) is 13.8. The van der Waals surface area contributed by atoms with Crippen LogP contribution in [0, 0.1) is 6.92 Å². The Morgan fingerprint density at radius 2 is 1.24 bits per heavy atom. The molecule has 0 N–H and O–H groups in total. The van der Waals surface area contributed by atoms with E-state index in [2.05, 4.69) is 91.9 Å². The van der Waals surface area contributed by atoms with Gasteiger partial charge in [-0.2, -0.15) is 0 Å². The molecule has 0 amide bonds. The van der Waals surface area contributed by atoms with Gasteiger partial charge in [-0.3, -0.25) is 0 Å². The molecule has 126 valence electrons. The molecule has 0 heterocycles. The molecule has 1 aliphatic rings. The van der Waals surface area contributed by atoms with E-state index in [0.717, 1.165) is 0 Å². The van der Waals surface area contributed by atoms with Gasteiger partial charge in [-0.05, 0) is 0 Å². The molecule has 25 heavy (non-hydrogen) atoms. The molecule has 1 unspecified atom stereocenters. The second-order valence-electron chi connectivity index (χ2n) is 6.64. The van der Waals surface area contributed by atoms with Crippen LogP contribution >= 0.6 is 0 Å². The number of hydrogen-bond acceptors (Lipinski definition) is 0. The van der Waals surface area contributed by atoms with E-state index in [1.165, 1.54) is 18.4 Å². The standard InChI is InChI=1S/C23H22Se2/c1-18-12-14-19(15-13-18)22-16-17-23(22,24-20-8-4-2-5-9-20)25-21-10-6-3-7-11-21/h2-15,22H,16-17H2,1H3. The number of hydrogen-bond donors (Lipinski definition) is 0. The fourth-order valence-electron chi connectivity index (χ4n) is 3.38. The van der Waals surface area contributed by atoms with E-state index in [1.807, 2.05) is 0 Å². The van der Waals surface area contributed by atoms with E-state index in [-0.39, 0.29) is 0 Å². The van der Waals surface area contributed by atoms with Crippen molar-refractivity contribution in [3.8, 4) is 0 Å². The first-order valence-corrected chi connectivity index (χ1v) is 12.2. The molecule has 1 fully saturated rings. The Morgan fingerprint density at radius 1 is 0.720 bits per heavy atom. The molecule has 0 bridgehead atoms. The van der Waals surface area contributed by atoms with Crippen LogP contribution < -0.4 is 8.92 Å². The summed E-state index contributed by atoms with van der Waals surface area (Å²) >= 11 is 1.02. The van der Waals surface area contributed by atoms with E-state index in [0.29, 0.717) is 39.0 Å². The Balaban J connectivity index is 1.67. The average molecular weight is 456 g/mol. The third kappa shape index (κ3) is 3.78. The van der Waals surface area contributed by atoms with Crippen LogP contribution in [0.3, 0.4) is 0 Å². The van der Waals surface area contributed by atoms with Gasteiger partial charge in [0.1, 0.15) is 0 Å². The van der Waals surface area contributed by atoms with Gasteiger partial charge in [0.15, 0.2) is 0 Å². The summed E-state index contributed by atoms with van der Waals surface area (Å²) < 4.78 is 3.56. The van der Waals surface area contributed by atoms with Gasteiger partial charge in [0.05, 0.1) is 0 Å². The molecule has 0 radical (unpaired) electrons. The molecule has 0 nitrogen and oxygen atoms in total. The zero-order valence-electron chi connectivity index (χ0n) is 14.4. The monoisotopic (exact) mass is 458 g/mol. The third-order valence-corrected chi connectivity index (χ3v) is 12.3.